The van der Waals surface area contributed by atoms with E-state index in [4.69, 9.17) is 18.9 Å². The van der Waals surface area contributed by atoms with Crippen LogP contribution >= 0.6 is 0 Å². The molecule has 1 aliphatic rings. The summed E-state index contributed by atoms with van der Waals surface area (Å²) in [5.41, 5.74) is 0.493. The third-order valence-corrected chi connectivity index (χ3v) is 3.72. The summed E-state index contributed by atoms with van der Waals surface area (Å²) in [5, 5.41) is 18.8. The molecule has 0 atom stereocenters. The van der Waals surface area contributed by atoms with E-state index in [-0.39, 0.29) is 30.5 Å². The van der Waals surface area contributed by atoms with Gasteiger partial charge in [-0.2, -0.15) is 0 Å². The second kappa shape index (κ2) is 8.33. The van der Waals surface area contributed by atoms with Crippen molar-refractivity contribution in [1.29, 1.82) is 0 Å². The zero-order valence-corrected chi connectivity index (χ0v) is 14.9. The lowest BCUT2D eigenvalue weighted by molar-refractivity contribution is -0.118. The molecule has 0 saturated heterocycles. The standard InChI is InChI=1S/C20H16O8/c1-25-17-5-12(6-18-20(17)28-11-27-18)3-2-4-26-10-16(23)19(24)13-7-14(21)9-15(22)8-13/h5-9,21-22H,4,10-11H2,1H3. The minimum absolute atomic E-state index is 0.0823. The highest BCUT2D eigenvalue weighted by Gasteiger charge is 2.20. The molecule has 0 aromatic heterocycles. The molecule has 8 heteroatoms. The summed E-state index contributed by atoms with van der Waals surface area (Å²) < 4.78 is 20.9. The molecule has 3 rings (SSSR count). The number of fused-ring (bicyclic) bond motifs is 1. The predicted octanol–water partition coefficient (Wildman–Crippen LogP) is 1.66. The fourth-order valence-corrected chi connectivity index (χ4v) is 2.49. The van der Waals surface area contributed by atoms with Crippen LogP contribution in [-0.2, 0) is 9.53 Å². The van der Waals surface area contributed by atoms with Gasteiger partial charge in [-0.3, -0.25) is 9.59 Å². The summed E-state index contributed by atoms with van der Waals surface area (Å²) in [6, 6.07) is 6.61. The van der Waals surface area contributed by atoms with Crippen LogP contribution in [-0.4, -0.2) is 48.9 Å². The van der Waals surface area contributed by atoms with Crippen LogP contribution in [0, 0.1) is 11.8 Å². The van der Waals surface area contributed by atoms with E-state index in [9.17, 15) is 19.8 Å². The Morgan fingerprint density at radius 2 is 1.86 bits per heavy atom. The lowest BCUT2D eigenvalue weighted by atomic mass is 10.1. The van der Waals surface area contributed by atoms with Crippen LogP contribution in [0.1, 0.15) is 15.9 Å². The summed E-state index contributed by atoms with van der Waals surface area (Å²) in [7, 11) is 1.51. The maximum Gasteiger partial charge on any atom is 0.231 e. The number of carbonyl (C=O) groups is 2. The lowest BCUT2D eigenvalue weighted by Crippen LogP contribution is -2.20. The number of carbonyl (C=O) groups excluding carboxylic acids is 2. The molecule has 0 unspecified atom stereocenters. The van der Waals surface area contributed by atoms with Crippen LogP contribution in [0.2, 0.25) is 0 Å². The quantitative estimate of drug-likeness (QED) is 0.335. The van der Waals surface area contributed by atoms with E-state index < -0.39 is 18.2 Å². The largest absolute Gasteiger partial charge is 0.508 e. The predicted molar refractivity (Wildman–Crippen MR) is 95.9 cm³/mol. The molecule has 1 aliphatic heterocycles. The number of phenols is 2. The Labute approximate surface area is 160 Å². The van der Waals surface area contributed by atoms with Gasteiger partial charge in [0.1, 0.15) is 24.7 Å². The Morgan fingerprint density at radius 3 is 2.57 bits per heavy atom. The van der Waals surface area contributed by atoms with E-state index in [1.165, 1.54) is 7.11 Å². The molecule has 8 nitrogen and oxygen atoms in total. The fraction of sp³-hybridized carbons (Fsp3) is 0.200. The SMILES string of the molecule is COc1cc(C#CCOCC(=O)C(=O)c2cc(O)cc(O)c2)cc2c1OCO2. The van der Waals surface area contributed by atoms with Crippen molar-refractivity contribution in [2.45, 2.75) is 0 Å². The number of ketones is 2. The van der Waals surface area contributed by atoms with Crippen molar-refractivity contribution < 1.29 is 38.7 Å². The van der Waals surface area contributed by atoms with Gasteiger partial charge in [0.15, 0.2) is 11.5 Å². The van der Waals surface area contributed by atoms with E-state index in [2.05, 4.69) is 11.8 Å². The number of hydrogen-bond donors (Lipinski definition) is 2. The number of hydrogen-bond acceptors (Lipinski definition) is 8. The molecular formula is C20H16O8. The van der Waals surface area contributed by atoms with Crippen molar-refractivity contribution in [2.75, 3.05) is 27.1 Å². The number of benzene rings is 2. The number of ether oxygens (including phenoxy) is 4. The van der Waals surface area contributed by atoms with Crippen LogP contribution < -0.4 is 14.2 Å². The molecule has 0 fully saturated rings. The van der Waals surface area contributed by atoms with Crippen molar-refractivity contribution in [2.24, 2.45) is 0 Å². The topological polar surface area (TPSA) is 112 Å². The van der Waals surface area contributed by atoms with Crippen molar-refractivity contribution in [3.63, 3.8) is 0 Å². The minimum atomic E-state index is -0.875. The van der Waals surface area contributed by atoms with Gasteiger partial charge in [-0.15, -0.1) is 0 Å². The van der Waals surface area contributed by atoms with Crippen molar-refractivity contribution in [3.05, 3.63) is 41.5 Å². The van der Waals surface area contributed by atoms with Crippen LogP contribution in [0.15, 0.2) is 30.3 Å². The van der Waals surface area contributed by atoms with Gasteiger partial charge in [0.25, 0.3) is 0 Å². The molecular weight excluding hydrogens is 368 g/mol. The second-order valence-electron chi connectivity index (χ2n) is 5.70. The summed E-state index contributed by atoms with van der Waals surface area (Å²) in [4.78, 5) is 23.9. The first-order valence-corrected chi connectivity index (χ1v) is 8.12. The molecule has 28 heavy (non-hydrogen) atoms. The highest BCUT2D eigenvalue weighted by atomic mass is 16.7. The third kappa shape index (κ3) is 4.34. The summed E-state index contributed by atoms with van der Waals surface area (Å²) in [6.45, 7) is -0.450. The first-order valence-electron chi connectivity index (χ1n) is 8.12. The third-order valence-electron chi connectivity index (χ3n) is 3.72. The summed E-state index contributed by atoms with van der Waals surface area (Å²) in [5.74, 6) is 4.78. The molecule has 0 aliphatic carbocycles. The van der Waals surface area contributed by atoms with E-state index in [0.717, 1.165) is 18.2 Å². The average Bonchev–Trinajstić information content (AvgIpc) is 3.14. The maximum atomic E-state index is 12.0. The van der Waals surface area contributed by atoms with Gasteiger partial charge in [0.2, 0.25) is 24.1 Å². The molecule has 0 bridgehead atoms. The molecule has 1 heterocycles. The number of methoxy groups -OCH3 is 1. The number of aromatic hydroxyl groups is 2. The van der Waals surface area contributed by atoms with Crippen molar-refractivity contribution >= 4 is 11.6 Å². The van der Waals surface area contributed by atoms with Gasteiger partial charge >= 0.3 is 0 Å². The Kier molecular flexibility index (Phi) is 5.67. The van der Waals surface area contributed by atoms with Gasteiger partial charge < -0.3 is 29.2 Å². The summed E-state index contributed by atoms with van der Waals surface area (Å²) >= 11 is 0. The van der Waals surface area contributed by atoms with Crippen molar-refractivity contribution in [3.8, 4) is 40.6 Å². The molecule has 2 N–H and O–H groups in total. The second-order valence-corrected chi connectivity index (χ2v) is 5.70. The number of phenolic OH excluding ortho intramolecular Hbond substituents is 2. The molecule has 0 spiro atoms. The van der Waals surface area contributed by atoms with Gasteiger partial charge in [-0.1, -0.05) is 11.8 Å². The van der Waals surface area contributed by atoms with Gasteiger partial charge in [-0.25, -0.2) is 0 Å². The van der Waals surface area contributed by atoms with Crippen molar-refractivity contribution in [1.82, 2.24) is 0 Å². The molecule has 0 amide bonds. The summed E-state index contributed by atoms with van der Waals surface area (Å²) in [6.07, 6.45) is 0. The Morgan fingerprint density at radius 1 is 1.11 bits per heavy atom. The number of rotatable bonds is 6. The monoisotopic (exact) mass is 384 g/mol. The smallest absolute Gasteiger partial charge is 0.231 e. The van der Waals surface area contributed by atoms with E-state index in [1.807, 2.05) is 0 Å². The Hall–Kier alpha value is -3.70. The van der Waals surface area contributed by atoms with E-state index in [0.29, 0.717) is 22.8 Å². The lowest BCUT2D eigenvalue weighted by Gasteiger charge is -2.04. The first-order chi connectivity index (χ1) is 13.5. The van der Waals surface area contributed by atoms with Gasteiger partial charge in [0, 0.05) is 23.3 Å². The highest BCUT2D eigenvalue weighted by Crippen LogP contribution is 2.41. The minimum Gasteiger partial charge on any atom is -0.508 e. The highest BCUT2D eigenvalue weighted by molar-refractivity contribution is 6.44. The normalized spacial score (nSPS) is 11.5. The number of Topliss-reactive ketones (excluding diaryl/α,β-unsaturated/α-hetero) is 2. The molecule has 144 valence electrons. The van der Waals surface area contributed by atoms with Gasteiger partial charge in [0.05, 0.1) is 7.11 Å². The Balaban J connectivity index is 1.55. The maximum absolute atomic E-state index is 12.0. The molecule has 2 aromatic carbocycles. The van der Waals surface area contributed by atoms with Gasteiger partial charge in [-0.05, 0) is 18.2 Å². The van der Waals surface area contributed by atoms with E-state index >= 15 is 0 Å². The fourth-order valence-electron chi connectivity index (χ4n) is 2.49. The molecule has 2 aromatic rings. The molecule has 0 saturated carbocycles. The average molecular weight is 384 g/mol. The zero-order valence-electron chi connectivity index (χ0n) is 14.9. The van der Waals surface area contributed by atoms with E-state index in [1.54, 1.807) is 12.1 Å². The first kappa shape index (κ1) is 19.1. The zero-order chi connectivity index (χ0) is 20.1. The van der Waals surface area contributed by atoms with Crippen LogP contribution in [0.5, 0.6) is 28.7 Å². The van der Waals surface area contributed by atoms with Crippen LogP contribution in [0.25, 0.3) is 0 Å². The Bertz CT molecular complexity index is 963. The van der Waals surface area contributed by atoms with Crippen LogP contribution in [0.3, 0.4) is 0 Å². The molecule has 0 radical (unpaired) electrons. The van der Waals surface area contributed by atoms with Crippen LogP contribution in [0.4, 0.5) is 0 Å².